The molecule has 0 aromatic heterocycles. The summed E-state index contributed by atoms with van der Waals surface area (Å²) in [5, 5.41) is 12.7. The van der Waals surface area contributed by atoms with Crippen molar-refractivity contribution < 1.29 is 14.4 Å². The van der Waals surface area contributed by atoms with Gasteiger partial charge in [-0.05, 0) is 55.2 Å². The number of quaternary nitrogens is 1. The van der Waals surface area contributed by atoms with Crippen LogP contribution in [0.5, 0.6) is 0 Å². The smallest absolute Gasteiger partial charge is 0.359 e. The van der Waals surface area contributed by atoms with E-state index in [-0.39, 0.29) is 6.54 Å². The predicted molar refractivity (Wildman–Crippen MR) is 104 cm³/mol. The number of piperidine rings is 2. The Morgan fingerprint density at radius 2 is 1.77 bits per heavy atom. The molecule has 0 spiro atoms. The van der Waals surface area contributed by atoms with Crippen LogP contribution in [0.25, 0.3) is 0 Å². The molecule has 142 valence electrons. The van der Waals surface area contributed by atoms with Crippen molar-refractivity contribution in [2.75, 3.05) is 44.7 Å². The van der Waals surface area contributed by atoms with Crippen LogP contribution in [0.4, 0.5) is 5.69 Å². The van der Waals surface area contributed by atoms with Crippen LogP contribution in [-0.2, 0) is 4.79 Å². The van der Waals surface area contributed by atoms with Crippen LogP contribution in [0.1, 0.15) is 31.2 Å². The molecule has 1 aromatic rings. The maximum atomic E-state index is 11.0. The Morgan fingerprint density at radius 3 is 2.31 bits per heavy atom. The lowest BCUT2D eigenvalue weighted by molar-refractivity contribution is -0.908. The summed E-state index contributed by atoms with van der Waals surface area (Å²) >= 11 is 0. The first-order valence-corrected chi connectivity index (χ1v) is 9.63. The Kier molecular flexibility index (Phi) is 5.81. The topological polar surface area (TPSA) is 78.9 Å². The van der Waals surface area contributed by atoms with Crippen molar-refractivity contribution in [3.63, 3.8) is 0 Å². The van der Waals surface area contributed by atoms with Crippen molar-refractivity contribution >= 4 is 17.9 Å². The minimum Gasteiger partial charge on any atom is -0.477 e. The summed E-state index contributed by atoms with van der Waals surface area (Å²) in [6, 6.07) is 8.40. The summed E-state index contributed by atoms with van der Waals surface area (Å²) in [6.07, 6.45) is 6.47. The van der Waals surface area contributed by atoms with Crippen molar-refractivity contribution in [2.24, 2.45) is 22.8 Å². The van der Waals surface area contributed by atoms with Gasteiger partial charge in [-0.2, -0.15) is 5.10 Å². The van der Waals surface area contributed by atoms with E-state index in [1.54, 1.807) is 6.21 Å². The largest absolute Gasteiger partial charge is 0.477 e. The van der Waals surface area contributed by atoms with Crippen molar-refractivity contribution in [3.05, 3.63) is 29.8 Å². The van der Waals surface area contributed by atoms with Crippen LogP contribution >= 0.6 is 0 Å². The van der Waals surface area contributed by atoms with E-state index < -0.39 is 5.97 Å². The summed E-state index contributed by atoms with van der Waals surface area (Å²) in [7, 11) is 2.09. The number of hydrogen-bond donors (Lipinski definition) is 2. The number of carbonyl (C=O) groups is 1. The number of nitrogens with zero attached hydrogens (tertiary/aromatic N) is 3. The molecule has 1 aromatic carbocycles. The molecule has 2 fully saturated rings. The maximum Gasteiger partial charge on any atom is 0.359 e. The average Bonchev–Trinajstić information content (AvgIpc) is 2.63. The van der Waals surface area contributed by atoms with Gasteiger partial charge in [-0.25, -0.2) is 4.79 Å². The van der Waals surface area contributed by atoms with Crippen molar-refractivity contribution in [1.82, 2.24) is 0 Å². The molecule has 6 heteroatoms. The summed E-state index contributed by atoms with van der Waals surface area (Å²) in [4.78, 5) is 13.5. The molecule has 0 saturated carbocycles. The minimum absolute atomic E-state index is 0.260. The minimum atomic E-state index is -0.678. The first kappa shape index (κ1) is 18.7. The third kappa shape index (κ3) is 4.55. The zero-order chi connectivity index (χ0) is 18.6. The predicted octanol–water partition coefficient (Wildman–Crippen LogP) is 2.14. The molecular weight excluding hydrogens is 328 g/mol. The molecule has 0 atom stereocenters. The summed E-state index contributed by atoms with van der Waals surface area (Å²) < 4.78 is 0.698. The molecule has 0 bridgehead atoms. The van der Waals surface area contributed by atoms with Gasteiger partial charge in [0.25, 0.3) is 0 Å². The molecule has 2 heterocycles. The normalized spacial score (nSPS) is 27.7. The molecule has 0 amide bonds. The monoisotopic (exact) mass is 359 g/mol. The second-order valence-electron chi connectivity index (χ2n) is 8.15. The highest BCUT2D eigenvalue weighted by Crippen LogP contribution is 2.35. The van der Waals surface area contributed by atoms with Crippen LogP contribution in [0, 0.1) is 11.8 Å². The molecule has 6 nitrogen and oxygen atoms in total. The zero-order valence-corrected chi connectivity index (χ0v) is 15.7. The van der Waals surface area contributed by atoms with Gasteiger partial charge in [0.05, 0.1) is 26.4 Å². The number of nitrogens with two attached hydrogens (primary N) is 1. The quantitative estimate of drug-likeness (QED) is 0.365. The highest BCUT2D eigenvalue weighted by atomic mass is 16.4. The number of likely N-dealkylation sites (N-methyl/N-ethyl adjacent to an activating group) is 1. The van der Waals surface area contributed by atoms with Gasteiger partial charge in [0.2, 0.25) is 0 Å². The van der Waals surface area contributed by atoms with Gasteiger partial charge >= 0.3 is 5.97 Å². The molecule has 3 N–H and O–H groups in total. The van der Waals surface area contributed by atoms with Gasteiger partial charge < -0.3 is 20.3 Å². The van der Waals surface area contributed by atoms with E-state index in [1.165, 1.54) is 31.4 Å². The molecule has 0 radical (unpaired) electrons. The van der Waals surface area contributed by atoms with Crippen molar-refractivity contribution in [1.29, 1.82) is 0 Å². The van der Waals surface area contributed by atoms with Crippen LogP contribution in [0.15, 0.2) is 29.4 Å². The Bertz CT molecular complexity index is 628. The number of anilines is 1. The fourth-order valence-electron chi connectivity index (χ4n) is 4.65. The number of likely N-dealkylation sites (tertiary alicyclic amines) is 1. The number of rotatable bonds is 5. The molecule has 2 aliphatic heterocycles. The lowest BCUT2D eigenvalue weighted by Gasteiger charge is -2.43. The first-order valence-electron chi connectivity index (χ1n) is 9.63. The van der Waals surface area contributed by atoms with Crippen LogP contribution in [-0.4, -0.2) is 61.5 Å². The Hall–Kier alpha value is -2.08. The Morgan fingerprint density at radius 1 is 1.19 bits per heavy atom. The first-order chi connectivity index (χ1) is 12.5. The van der Waals surface area contributed by atoms with E-state index in [1.807, 2.05) is 0 Å². The Balaban J connectivity index is 1.49. The third-order valence-corrected chi connectivity index (χ3v) is 6.28. The van der Waals surface area contributed by atoms with Gasteiger partial charge in [-0.15, -0.1) is 0 Å². The van der Waals surface area contributed by atoms with Crippen LogP contribution in [0.3, 0.4) is 0 Å². The Labute approximate surface area is 155 Å². The van der Waals surface area contributed by atoms with E-state index >= 15 is 0 Å². The molecule has 0 unspecified atom stereocenters. The third-order valence-electron chi connectivity index (χ3n) is 6.28. The van der Waals surface area contributed by atoms with Gasteiger partial charge in [0.1, 0.15) is 0 Å². The molecule has 2 saturated heterocycles. The van der Waals surface area contributed by atoms with E-state index in [2.05, 4.69) is 41.3 Å². The number of carboxylic acids is 1. The van der Waals surface area contributed by atoms with Gasteiger partial charge in [0, 0.05) is 18.8 Å². The van der Waals surface area contributed by atoms with E-state index in [0.29, 0.717) is 4.48 Å². The van der Waals surface area contributed by atoms with Crippen LogP contribution in [0.2, 0.25) is 0 Å². The molecule has 3 rings (SSSR count). The van der Waals surface area contributed by atoms with E-state index in [9.17, 15) is 4.79 Å². The number of aliphatic carboxylic acids is 1. The van der Waals surface area contributed by atoms with Crippen molar-refractivity contribution in [3.8, 4) is 0 Å². The molecule has 0 aliphatic carbocycles. The SMILES string of the molecule is C[N+]1(CC(=O)O)CCC(C2CCN(c3ccc(/C=N/N)cc3)CC2)CC1. The molecular formula is C20H31N4O2+. The number of benzene rings is 1. The van der Waals surface area contributed by atoms with Gasteiger partial charge in [-0.3, -0.25) is 0 Å². The highest BCUT2D eigenvalue weighted by molar-refractivity contribution is 5.80. The zero-order valence-electron chi connectivity index (χ0n) is 15.7. The van der Waals surface area contributed by atoms with E-state index in [0.717, 1.165) is 43.6 Å². The van der Waals surface area contributed by atoms with Crippen molar-refractivity contribution in [2.45, 2.75) is 25.7 Å². The second kappa shape index (κ2) is 8.08. The summed E-state index contributed by atoms with van der Waals surface area (Å²) in [5.41, 5.74) is 2.29. The lowest BCUT2D eigenvalue weighted by Crippen LogP contribution is -2.53. The fraction of sp³-hybridized carbons (Fsp3) is 0.600. The summed E-state index contributed by atoms with van der Waals surface area (Å²) in [5.74, 6) is 6.07. The molecule has 26 heavy (non-hydrogen) atoms. The second-order valence-corrected chi connectivity index (χ2v) is 8.15. The number of hydrogen-bond acceptors (Lipinski definition) is 4. The highest BCUT2D eigenvalue weighted by Gasteiger charge is 2.36. The number of hydrazone groups is 1. The standard InChI is InChI=1S/C20H30N4O2/c1-24(15-20(25)26)12-8-18(9-13-24)17-6-10-23(11-7-17)19-4-2-16(3-5-19)14-22-21/h2-5,14,17-18H,6-13,15,21H2,1H3/p+1/b22-14+. The maximum absolute atomic E-state index is 11.0. The summed E-state index contributed by atoms with van der Waals surface area (Å²) in [6.45, 7) is 4.47. The fourth-order valence-corrected chi connectivity index (χ4v) is 4.65. The average molecular weight is 359 g/mol. The van der Waals surface area contributed by atoms with Gasteiger partial charge in [0.15, 0.2) is 6.54 Å². The van der Waals surface area contributed by atoms with Gasteiger partial charge in [-0.1, -0.05) is 12.1 Å². The lowest BCUT2D eigenvalue weighted by atomic mass is 9.78. The van der Waals surface area contributed by atoms with Crippen LogP contribution < -0.4 is 10.7 Å². The number of carboxylic acid groups (broad SMARTS) is 1. The van der Waals surface area contributed by atoms with E-state index in [4.69, 9.17) is 10.9 Å². The molecule has 2 aliphatic rings.